The van der Waals surface area contributed by atoms with Crippen molar-refractivity contribution in [2.45, 2.75) is 18.8 Å². The third-order valence-electron chi connectivity index (χ3n) is 4.06. The highest BCUT2D eigenvalue weighted by molar-refractivity contribution is 6.30. The van der Waals surface area contributed by atoms with Crippen molar-refractivity contribution >= 4 is 17.5 Å². The summed E-state index contributed by atoms with van der Waals surface area (Å²) in [4.78, 5) is 14.5. The molecule has 4 nitrogen and oxygen atoms in total. The van der Waals surface area contributed by atoms with Gasteiger partial charge in [-0.2, -0.15) is 0 Å². The lowest BCUT2D eigenvalue weighted by atomic mass is 9.87. The summed E-state index contributed by atoms with van der Waals surface area (Å²) in [5, 5.41) is 13.8. The molecule has 0 heterocycles. The molecule has 0 aromatic heterocycles. The number of hydrogen-bond acceptors (Lipinski definition) is 3. The summed E-state index contributed by atoms with van der Waals surface area (Å²) < 4.78 is 0. The molecule has 2 aromatic rings. The number of amides is 1. The van der Waals surface area contributed by atoms with E-state index in [4.69, 9.17) is 11.6 Å². The smallest absolute Gasteiger partial charge is 0.220 e. The van der Waals surface area contributed by atoms with E-state index in [1.54, 1.807) is 18.2 Å². The Balaban J connectivity index is 2.13. The molecule has 2 aromatic carbocycles. The van der Waals surface area contributed by atoms with Crippen LogP contribution < -0.4 is 5.32 Å². The van der Waals surface area contributed by atoms with Gasteiger partial charge in [0, 0.05) is 29.5 Å². The highest BCUT2D eigenvalue weighted by atomic mass is 35.5. The summed E-state index contributed by atoms with van der Waals surface area (Å²) in [5.74, 6) is -0.126. The lowest BCUT2D eigenvalue weighted by molar-refractivity contribution is -0.121. The molecule has 134 valence electrons. The lowest BCUT2D eigenvalue weighted by Crippen LogP contribution is -2.28. The Morgan fingerprint density at radius 3 is 2.60 bits per heavy atom. The van der Waals surface area contributed by atoms with Gasteiger partial charge in [-0.1, -0.05) is 41.9 Å². The lowest BCUT2D eigenvalue weighted by Gasteiger charge is -2.19. The first-order chi connectivity index (χ1) is 12.0. The van der Waals surface area contributed by atoms with Gasteiger partial charge < -0.3 is 15.3 Å². The predicted octanol–water partition coefficient (Wildman–Crippen LogP) is 3.64. The maximum Gasteiger partial charge on any atom is 0.220 e. The zero-order valence-electron chi connectivity index (χ0n) is 14.7. The Bertz CT molecular complexity index is 689. The Labute approximate surface area is 154 Å². The second-order valence-corrected chi connectivity index (χ2v) is 6.81. The molecule has 0 spiro atoms. The molecule has 2 N–H and O–H groups in total. The Morgan fingerprint density at radius 2 is 1.92 bits per heavy atom. The van der Waals surface area contributed by atoms with Crippen molar-refractivity contribution in [3.05, 3.63) is 64.7 Å². The molecular weight excluding hydrogens is 336 g/mol. The molecular formula is C20H25ClN2O2. The summed E-state index contributed by atoms with van der Waals surface area (Å²) in [5.41, 5.74) is 1.64. The number of hydrogen-bond donors (Lipinski definition) is 2. The first-order valence-electron chi connectivity index (χ1n) is 8.42. The van der Waals surface area contributed by atoms with Crippen molar-refractivity contribution in [1.82, 2.24) is 10.2 Å². The van der Waals surface area contributed by atoms with E-state index in [1.165, 1.54) is 0 Å². The fourth-order valence-electron chi connectivity index (χ4n) is 2.78. The summed E-state index contributed by atoms with van der Waals surface area (Å²) in [6.07, 6.45) is 1.16. The van der Waals surface area contributed by atoms with E-state index in [-0.39, 0.29) is 24.0 Å². The Kier molecular flexibility index (Phi) is 7.29. The first-order valence-corrected chi connectivity index (χ1v) is 8.80. The maximum absolute atomic E-state index is 12.4. The van der Waals surface area contributed by atoms with Gasteiger partial charge in [0.1, 0.15) is 5.75 Å². The van der Waals surface area contributed by atoms with Crippen LogP contribution in [0.4, 0.5) is 0 Å². The van der Waals surface area contributed by atoms with Crippen molar-refractivity contribution in [2.75, 3.05) is 27.2 Å². The van der Waals surface area contributed by atoms with E-state index >= 15 is 0 Å². The van der Waals surface area contributed by atoms with Gasteiger partial charge in [-0.15, -0.1) is 0 Å². The number of nitrogens with one attached hydrogen (secondary N) is 1. The zero-order chi connectivity index (χ0) is 18.2. The van der Waals surface area contributed by atoms with Crippen LogP contribution in [0.15, 0.2) is 48.5 Å². The fourth-order valence-corrected chi connectivity index (χ4v) is 2.96. The number of nitrogens with zero attached hydrogens (tertiary/aromatic N) is 1. The average Bonchev–Trinajstić information content (AvgIpc) is 2.59. The number of carbonyl (C=O) groups excluding carboxylic acids is 1. The minimum absolute atomic E-state index is 0.0352. The van der Waals surface area contributed by atoms with Crippen LogP contribution in [0, 0.1) is 0 Å². The molecule has 0 aliphatic carbocycles. The van der Waals surface area contributed by atoms with Crippen LogP contribution in [0.25, 0.3) is 0 Å². The van der Waals surface area contributed by atoms with E-state index in [0.717, 1.165) is 18.5 Å². The van der Waals surface area contributed by atoms with Gasteiger partial charge in [0.15, 0.2) is 0 Å². The quantitative estimate of drug-likeness (QED) is 0.707. The summed E-state index contributed by atoms with van der Waals surface area (Å²) >= 11 is 6.10. The van der Waals surface area contributed by atoms with Gasteiger partial charge in [-0.25, -0.2) is 0 Å². The van der Waals surface area contributed by atoms with Gasteiger partial charge in [-0.3, -0.25) is 4.79 Å². The van der Waals surface area contributed by atoms with Crippen LogP contribution in [0.1, 0.15) is 29.9 Å². The van der Waals surface area contributed by atoms with Gasteiger partial charge in [0.2, 0.25) is 5.91 Å². The van der Waals surface area contributed by atoms with Crippen LogP contribution in [-0.2, 0) is 4.79 Å². The standard InChI is InChI=1S/C20H25ClN2O2/c1-23(2)12-6-11-22-20(25)14-17(15-7-4-3-5-8-15)18-13-16(21)9-10-19(18)24/h3-5,7-10,13,17,24H,6,11-12,14H2,1-2H3,(H,22,25). The molecule has 0 saturated heterocycles. The van der Waals surface area contributed by atoms with E-state index in [1.807, 2.05) is 44.4 Å². The molecule has 5 heteroatoms. The fraction of sp³-hybridized carbons (Fsp3) is 0.350. The minimum Gasteiger partial charge on any atom is -0.508 e. The first kappa shape index (κ1) is 19.3. The van der Waals surface area contributed by atoms with Crippen molar-refractivity contribution in [2.24, 2.45) is 0 Å². The Hall–Kier alpha value is -2.04. The van der Waals surface area contributed by atoms with Crippen molar-refractivity contribution in [3.63, 3.8) is 0 Å². The normalized spacial score (nSPS) is 12.2. The largest absolute Gasteiger partial charge is 0.508 e. The van der Waals surface area contributed by atoms with Crippen LogP contribution in [0.5, 0.6) is 5.75 Å². The van der Waals surface area contributed by atoms with Crippen LogP contribution in [-0.4, -0.2) is 43.1 Å². The Morgan fingerprint density at radius 1 is 1.20 bits per heavy atom. The van der Waals surface area contributed by atoms with Gasteiger partial charge in [0.25, 0.3) is 0 Å². The SMILES string of the molecule is CN(C)CCCNC(=O)CC(c1ccccc1)c1cc(Cl)ccc1O. The molecule has 0 aliphatic heterocycles. The molecule has 0 bridgehead atoms. The molecule has 1 unspecified atom stereocenters. The van der Waals surface area contributed by atoms with Crippen molar-refractivity contribution < 1.29 is 9.90 Å². The number of halogens is 1. The van der Waals surface area contributed by atoms with E-state index in [9.17, 15) is 9.90 Å². The summed E-state index contributed by atoms with van der Waals surface area (Å²) in [6.45, 7) is 1.57. The number of phenolic OH excluding ortho intramolecular Hbond substituents is 1. The van der Waals surface area contributed by atoms with E-state index < -0.39 is 0 Å². The number of rotatable bonds is 8. The van der Waals surface area contributed by atoms with Crippen LogP contribution in [0.2, 0.25) is 5.02 Å². The monoisotopic (exact) mass is 360 g/mol. The third kappa shape index (κ3) is 6.07. The summed E-state index contributed by atoms with van der Waals surface area (Å²) in [7, 11) is 4.02. The van der Waals surface area contributed by atoms with E-state index in [2.05, 4.69) is 10.2 Å². The second-order valence-electron chi connectivity index (χ2n) is 6.38. The predicted molar refractivity (Wildman–Crippen MR) is 102 cm³/mol. The highest BCUT2D eigenvalue weighted by Crippen LogP contribution is 2.35. The molecule has 2 rings (SSSR count). The molecule has 1 amide bonds. The maximum atomic E-state index is 12.4. The molecule has 0 fully saturated rings. The second kappa shape index (κ2) is 9.44. The molecule has 25 heavy (non-hydrogen) atoms. The van der Waals surface area contributed by atoms with Crippen molar-refractivity contribution in [3.8, 4) is 5.75 Å². The highest BCUT2D eigenvalue weighted by Gasteiger charge is 2.21. The third-order valence-corrected chi connectivity index (χ3v) is 4.30. The van der Waals surface area contributed by atoms with E-state index in [0.29, 0.717) is 17.1 Å². The van der Waals surface area contributed by atoms with Gasteiger partial charge in [-0.05, 0) is 50.8 Å². The topological polar surface area (TPSA) is 52.6 Å². The number of carbonyl (C=O) groups is 1. The number of aromatic hydroxyl groups is 1. The van der Waals surface area contributed by atoms with Crippen LogP contribution in [0.3, 0.4) is 0 Å². The van der Waals surface area contributed by atoms with Crippen molar-refractivity contribution in [1.29, 1.82) is 0 Å². The van der Waals surface area contributed by atoms with Gasteiger partial charge >= 0.3 is 0 Å². The minimum atomic E-state index is -0.242. The molecule has 0 saturated carbocycles. The molecule has 0 aliphatic rings. The number of benzene rings is 2. The van der Waals surface area contributed by atoms with Gasteiger partial charge in [0.05, 0.1) is 0 Å². The number of phenols is 1. The zero-order valence-corrected chi connectivity index (χ0v) is 15.5. The average molecular weight is 361 g/mol. The molecule has 1 atom stereocenters. The summed E-state index contributed by atoms with van der Waals surface area (Å²) in [6, 6.07) is 14.7. The van der Waals surface area contributed by atoms with Crippen LogP contribution >= 0.6 is 11.6 Å². The molecule has 0 radical (unpaired) electrons.